The summed E-state index contributed by atoms with van der Waals surface area (Å²) in [6, 6.07) is 21.5. The van der Waals surface area contributed by atoms with Crippen molar-refractivity contribution in [3.63, 3.8) is 0 Å². The van der Waals surface area contributed by atoms with Crippen LogP contribution in [0.1, 0.15) is 24.5 Å². The van der Waals surface area contributed by atoms with Crippen LogP contribution in [-0.2, 0) is 5.41 Å². The highest BCUT2D eigenvalue weighted by molar-refractivity contribution is 5.41. The topological polar surface area (TPSA) is 29.3 Å². The van der Waals surface area contributed by atoms with E-state index in [1.54, 1.807) is 0 Å². The quantitative estimate of drug-likeness (QED) is 0.847. The van der Waals surface area contributed by atoms with Crippen molar-refractivity contribution in [3.05, 3.63) is 71.8 Å². The van der Waals surface area contributed by atoms with Crippen LogP contribution in [0.25, 0.3) is 0 Å². The molecule has 0 saturated carbocycles. The third-order valence-electron chi connectivity index (χ3n) is 4.68. The summed E-state index contributed by atoms with van der Waals surface area (Å²) >= 11 is 0. The Kier molecular flexibility index (Phi) is 5.76. The molecule has 0 amide bonds. The van der Waals surface area contributed by atoms with Crippen LogP contribution in [0.3, 0.4) is 0 Å². The first-order chi connectivity index (χ1) is 10.6. The Morgan fingerprint density at radius 3 is 1.68 bits per heavy atom. The third-order valence-corrected chi connectivity index (χ3v) is 4.68. The first-order valence-electron chi connectivity index (χ1n) is 8.11. The van der Waals surface area contributed by atoms with E-state index in [0.29, 0.717) is 12.5 Å². The predicted octanol–water partition coefficient (Wildman–Crippen LogP) is 3.52. The van der Waals surface area contributed by atoms with Crippen LogP contribution in [-0.4, -0.2) is 32.1 Å². The fraction of sp³-hybridized carbons (Fsp3) is 0.400. The average Bonchev–Trinajstić information content (AvgIpc) is 2.56. The molecule has 22 heavy (non-hydrogen) atoms. The van der Waals surface area contributed by atoms with Crippen molar-refractivity contribution >= 4 is 0 Å². The Morgan fingerprint density at radius 2 is 1.36 bits per heavy atom. The van der Waals surface area contributed by atoms with Crippen molar-refractivity contribution in [2.75, 3.05) is 27.2 Å². The van der Waals surface area contributed by atoms with Gasteiger partial charge in [-0.2, -0.15) is 0 Å². The number of nitrogens with two attached hydrogens (primary N) is 1. The Labute approximate surface area is 135 Å². The van der Waals surface area contributed by atoms with E-state index in [4.69, 9.17) is 5.73 Å². The fourth-order valence-electron chi connectivity index (χ4n) is 3.59. The number of rotatable bonds is 7. The molecule has 2 aromatic rings. The first-order valence-corrected chi connectivity index (χ1v) is 8.11. The predicted molar refractivity (Wildman–Crippen MR) is 95.1 cm³/mol. The Hall–Kier alpha value is -1.64. The van der Waals surface area contributed by atoms with Crippen molar-refractivity contribution in [3.8, 4) is 0 Å². The van der Waals surface area contributed by atoms with Crippen LogP contribution in [0.5, 0.6) is 0 Å². The van der Waals surface area contributed by atoms with E-state index in [1.807, 2.05) is 0 Å². The highest BCUT2D eigenvalue weighted by Crippen LogP contribution is 2.40. The molecule has 0 fully saturated rings. The lowest BCUT2D eigenvalue weighted by Gasteiger charge is -2.42. The second-order valence-electron chi connectivity index (χ2n) is 6.27. The van der Waals surface area contributed by atoms with Gasteiger partial charge in [0.15, 0.2) is 0 Å². The van der Waals surface area contributed by atoms with Crippen molar-refractivity contribution in [1.29, 1.82) is 0 Å². The largest absolute Gasteiger partial charge is 0.329 e. The standard InChI is InChI=1S/C20H28N2/c1-4-17(15-22(2)3)20(16-21,18-11-7-5-8-12-18)19-13-9-6-10-14-19/h5-14,17H,4,15-16,21H2,1-3H3. The highest BCUT2D eigenvalue weighted by atomic mass is 15.1. The van der Waals surface area contributed by atoms with Crippen molar-refractivity contribution in [1.82, 2.24) is 4.90 Å². The SMILES string of the molecule is CCC(CN(C)C)C(CN)(c1ccccc1)c1ccccc1. The van der Waals surface area contributed by atoms with Gasteiger partial charge in [-0.3, -0.25) is 0 Å². The molecule has 2 nitrogen and oxygen atoms in total. The number of hydrogen-bond donors (Lipinski definition) is 1. The molecular formula is C20H28N2. The van der Waals surface area contributed by atoms with Crippen molar-refractivity contribution in [2.45, 2.75) is 18.8 Å². The maximum atomic E-state index is 6.41. The molecule has 0 aliphatic rings. The lowest BCUT2D eigenvalue weighted by molar-refractivity contribution is 0.234. The van der Waals surface area contributed by atoms with Crippen molar-refractivity contribution < 1.29 is 0 Å². The Balaban J connectivity index is 2.61. The van der Waals surface area contributed by atoms with Crippen LogP contribution in [0.4, 0.5) is 0 Å². The summed E-state index contributed by atoms with van der Waals surface area (Å²) in [5.41, 5.74) is 8.90. The van der Waals surface area contributed by atoms with Gasteiger partial charge in [-0.25, -0.2) is 0 Å². The van der Waals surface area contributed by atoms with E-state index >= 15 is 0 Å². The molecular weight excluding hydrogens is 268 g/mol. The molecule has 1 unspecified atom stereocenters. The van der Waals surface area contributed by atoms with E-state index in [2.05, 4.69) is 86.6 Å². The summed E-state index contributed by atoms with van der Waals surface area (Å²) in [7, 11) is 4.28. The number of nitrogens with zero attached hydrogens (tertiary/aromatic N) is 1. The maximum Gasteiger partial charge on any atom is 0.0365 e. The van der Waals surface area contributed by atoms with Crippen LogP contribution < -0.4 is 5.73 Å². The smallest absolute Gasteiger partial charge is 0.0365 e. The molecule has 2 rings (SSSR count). The average molecular weight is 296 g/mol. The summed E-state index contributed by atoms with van der Waals surface area (Å²) in [5, 5.41) is 0. The van der Waals surface area contributed by atoms with E-state index in [1.165, 1.54) is 11.1 Å². The minimum Gasteiger partial charge on any atom is -0.329 e. The van der Waals surface area contributed by atoms with Gasteiger partial charge in [0.05, 0.1) is 0 Å². The summed E-state index contributed by atoms with van der Waals surface area (Å²) in [6.07, 6.45) is 1.10. The van der Waals surface area contributed by atoms with Gasteiger partial charge >= 0.3 is 0 Å². The van der Waals surface area contributed by atoms with Gasteiger partial charge in [-0.15, -0.1) is 0 Å². The fourth-order valence-corrected chi connectivity index (χ4v) is 3.59. The van der Waals surface area contributed by atoms with Gasteiger partial charge in [0.1, 0.15) is 0 Å². The Morgan fingerprint density at radius 1 is 0.909 bits per heavy atom. The monoisotopic (exact) mass is 296 g/mol. The van der Waals surface area contributed by atoms with E-state index in [9.17, 15) is 0 Å². The lowest BCUT2D eigenvalue weighted by Crippen LogP contribution is -2.47. The van der Waals surface area contributed by atoms with Gasteiger partial charge in [0.25, 0.3) is 0 Å². The van der Waals surface area contributed by atoms with Gasteiger partial charge in [0.2, 0.25) is 0 Å². The first kappa shape index (κ1) is 16.7. The minimum absolute atomic E-state index is 0.137. The van der Waals surface area contributed by atoms with Crippen molar-refractivity contribution in [2.24, 2.45) is 11.7 Å². The van der Waals surface area contributed by atoms with Gasteiger partial charge < -0.3 is 10.6 Å². The summed E-state index contributed by atoms with van der Waals surface area (Å²) in [6.45, 7) is 3.91. The highest BCUT2D eigenvalue weighted by Gasteiger charge is 2.40. The van der Waals surface area contributed by atoms with E-state index in [-0.39, 0.29) is 5.41 Å². The van der Waals surface area contributed by atoms with Crippen LogP contribution in [0.15, 0.2) is 60.7 Å². The molecule has 118 valence electrons. The van der Waals surface area contributed by atoms with Gasteiger partial charge in [0, 0.05) is 18.5 Å². The van der Waals surface area contributed by atoms with Gasteiger partial charge in [-0.1, -0.05) is 74.0 Å². The number of hydrogen-bond acceptors (Lipinski definition) is 2. The second-order valence-corrected chi connectivity index (χ2v) is 6.27. The number of benzene rings is 2. The molecule has 0 bridgehead atoms. The molecule has 0 radical (unpaired) electrons. The molecule has 1 atom stereocenters. The van der Waals surface area contributed by atoms with Crippen LogP contribution in [0.2, 0.25) is 0 Å². The zero-order valence-corrected chi connectivity index (χ0v) is 14.0. The Bertz CT molecular complexity index is 509. The van der Waals surface area contributed by atoms with Gasteiger partial charge in [-0.05, 0) is 31.1 Å². The molecule has 2 aromatic carbocycles. The maximum absolute atomic E-state index is 6.41. The van der Waals surface area contributed by atoms with E-state index in [0.717, 1.165) is 13.0 Å². The zero-order valence-electron chi connectivity index (χ0n) is 14.0. The molecule has 0 heterocycles. The molecule has 0 aliphatic heterocycles. The van der Waals surface area contributed by atoms with Crippen LogP contribution >= 0.6 is 0 Å². The lowest BCUT2D eigenvalue weighted by atomic mass is 9.64. The molecule has 2 heteroatoms. The summed E-state index contributed by atoms with van der Waals surface area (Å²) < 4.78 is 0. The second kappa shape index (κ2) is 7.57. The molecule has 0 aliphatic carbocycles. The molecule has 0 spiro atoms. The molecule has 2 N–H and O–H groups in total. The third kappa shape index (κ3) is 3.23. The van der Waals surface area contributed by atoms with Crippen LogP contribution in [0, 0.1) is 5.92 Å². The minimum atomic E-state index is -0.137. The molecule has 0 saturated heterocycles. The van der Waals surface area contributed by atoms with E-state index < -0.39 is 0 Å². The summed E-state index contributed by atoms with van der Waals surface area (Å²) in [5.74, 6) is 0.470. The zero-order chi connectivity index (χ0) is 16.0. The molecule has 0 aromatic heterocycles. The summed E-state index contributed by atoms with van der Waals surface area (Å²) in [4.78, 5) is 2.27. The normalized spacial score (nSPS) is 13.3.